The number of ether oxygens (including phenoxy) is 1. The first kappa shape index (κ1) is 11.1. The molecule has 2 N–H and O–H groups in total. The van der Waals surface area contributed by atoms with Gasteiger partial charge in [0.1, 0.15) is 5.69 Å². The van der Waals surface area contributed by atoms with Crippen molar-refractivity contribution in [3.63, 3.8) is 0 Å². The fraction of sp³-hybridized carbons (Fsp3) is 0.308. The lowest BCUT2D eigenvalue weighted by atomic mass is 10.2. The largest absolute Gasteiger partial charge is 0.378 e. The van der Waals surface area contributed by atoms with Crippen molar-refractivity contribution in [3.8, 4) is 0 Å². The number of hydrogen-bond acceptors (Lipinski definition) is 3. The fourth-order valence-corrected chi connectivity index (χ4v) is 2.37. The van der Waals surface area contributed by atoms with Gasteiger partial charge in [-0.25, -0.2) is 0 Å². The zero-order valence-corrected chi connectivity index (χ0v) is 10.0. The Kier molecular flexibility index (Phi) is 2.68. The van der Waals surface area contributed by atoms with Gasteiger partial charge in [-0.1, -0.05) is 18.2 Å². The molecule has 0 saturated carbocycles. The van der Waals surface area contributed by atoms with Crippen LogP contribution in [-0.2, 0) is 4.74 Å². The van der Waals surface area contributed by atoms with Gasteiger partial charge in [0.15, 0.2) is 0 Å². The zero-order valence-electron chi connectivity index (χ0n) is 10.0. The molecule has 0 spiro atoms. The van der Waals surface area contributed by atoms with E-state index in [9.17, 15) is 4.79 Å². The lowest BCUT2D eigenvalue weighted by Gasteiger charge is -2.31. The molecule has 94 valence electrons. The second-order valence-corrected chi connectivity index (χ2v) is 4.33. The highest BCUT2D eigenvalue weighted by molar-refractivity contribution is 5.98. The van der Waals surface area contributed by atoms with E-state index in [0.717, 1.165) is 24.0 Å². The van der Waals surface area contributed by atoms with Crippen molar-refractivity contribution in [1.82, 2.24) is 4.68 Å². The van der Waals surface area contributed by atoms with Crippen LogP contribution in [0.3, 0.4) is 0 Å². The molecule has 0 unspecified atom stereocenters. The first-order valence-corrected chi connectivity index (χ1v) is 6.00. The van der Waals surface area contributed by atoms with Crippen LogP contribution in [-0.4, -0.2) is 36.9 Å². The second kappa shape index (κ2) is 4.34. The predicted octanol–water partition coefficient (Wildman–Crippen LogP) is 0.708. The van der Waals surface area contributed by atoms with Crippen LogP contribution < -0.4 is 10.7 Å². The van der Waals surface area contributed by atoms with E-state index < -0.39 is 5.91 Å². The summed E-state index contributed by atoms with van der Waals surface area (Å²) in [5.41, 5.74) is 7.00. The Bertz CT molecular complexity index is 585. The highest BCUT2D eigenvalue weighted by Crippen LogP contribution is 2.20. The second-order valence-electron chi connectivity index (χ2n) is 4.33. The number of primary amides is 1. The molecule has 5 nitrogen and oxygen atoms in total. The Balaban J connectivity index is 2.17. The smallest absolute Gasteiger partial charge is 0.267 e. The molecule has 0 radical (unpaired) electrons. The van der Waals surface area contributed by atoms with Gasteiger partial charge in [0.25, 0.3) is 5.91 Å². The standard InChI is InChI=1S/C13H15N3O2/c14-13(17)12-9-10-3-1-2-4-11(10)16(12)15-5-7-18-8-6-15/h1-4,9H,5-8H2,(H2,14,17). The summed E-state index contributed by atoms with van der Waals surface area (Å²) in [4.78, 5) is 11.6. The van der Waals surface area contributed by atoms with Crippen molar-refractivity contribution in [2.75, 3.05) is 31.3 Å². The molecule has 1 aromatic carbocycles. The molecule has 3 rings (SSSR count). The third-order valence-electron chi connectivity index (χ3n) is 3.21. The number of hydrogen-bond donors (Lipinski definition) is 1. The SMILES string of the molecule is NC(=O)c1cc2ccccc2n1N1CCOCC1. The molecule has 18 heavy (non-hydrogen) atoms. The molecule has 2 heterocycles. The summed E-state index contributed by atoms with van der Waals surface area (Å²) in [7, 11) is 0. The van der Waals surface area contributed by atoms with Crippen LogP contribution in [0.1, 0.15) is 10.5 Å². The number of fused-ring (bicyclic) bond motifs is 1. The Morgan fingerprint density at radius 2 is 1.94 bits per heavy atom. The molecule has 1 aliphatic rings. The minimum absolute atomic E-state index is 0.405. The summed E-state index contributed by atoms with van der Waals surface area (Å²) in [6.45, 7) is 2.87. The maximum absolute atomic E-state index is 11.6. The fourth-order valence-electron chi connectivity index (χ4n) is 2.37. The van der Waals surface area contributed by atoms with Gasteiger partial charge in [-0.15, -0.1) is 0 Å². The van der Waals surface area contributed by atoms with Gasteiger partial charge < -0.3 is 15.5 Å². The van der Waals surface area contributed by atoms with Gasteiger partial charge in [-0.05, 0) is 12.1 Å². The number of nitrogens with zero attached hydrogens (tertiary/aromatic N) is 2. The quantitative estimate of drug-likeness (QED) is 0.847. The van der Waals surface area contributed by atoms with Gasteiger partial charge in [0.2, 0.25) is 0 Å². The van der Waals surface area contributed by atoms with Crippen LogP contribution in [0.15, 0.2) is 30.3 Å². The van der Waals surface area contributed by atoms with Crippen molar-refractivity contribution in [1.29, 1.82) is 0 Å². The van der Waals surface area contributed by atoms with Crippen molar-refractivity contribution < 1.29 is 9.53 Å². The number of rotatable bonds is 2. The molecule has 0 aliphatic carbocycles. The van der Waals surface area contributed by atoms with Crippen LogP contribution in [0.25, 0.3) is 10.9 Å². The number of nitrogens with two attached hydrogens (primary N) is 1. The first-order chi connectivity index (χ1) is 8.77. The van der Waals surface area contributed by atoms with Gasteiger partial charge in [0.05, 0.1) is 31.8 Å². The molecule has 0 atom stereocenters. The monoisotopic (exact) mass is 245 g/mol. The Hall–Kier alpha value is -2.01. The summed E-state index contributed by atoms with van der Waals surface area (Å²) in [6.07, 6.45) is 0. The lowest BCUT2D eigenvalue weighted by Crippen LogP contribution is -2.45. The Labute approximate surface area is 105 Å². The number of morpholine rings is 1. The summed E-state index contributed by atoms with van der Waals surface area (Å²) >= 11 is 0. The number of carbonyl (C=O) groups is 1. The van der Waals surface area contributed by atoms with Crippen LogP contribution in [0.5, 0.6) is 0 Å². The third-order valence-corrected chi connectivity index (χ3v) is 3.21. The topological polar surface area (TPSA) is 60.5 Å². The average molecular weight is 245 g/mol. The van der Waals surface area contributed by atoms with E-state index in [0.29, 0.717) is 18.9 Å². The number of amides is 1. The zero-order chi connectivity index (χ0) is 12.5. The number of benzene rings is 1. The normalized spacial score (nSPS) is 16.1. The molecular formula is C13H15N3O2. The molecule has 5 heteroatoms. The molecule has 1 fully saturated rings. The van der Waals surface area contributed by atoms with E-state index in [1.165, 1.54) is 0 Å². The molecule has 2 aromatic rings. The Morgan fingerprint density at radius 1 is 1.22 bits per heavy atom. The van der Waals surface area contributed by atoms with Crippen LogP contribution >= 0.6 is 0 Å². The van der Waals surface area contributed by atoms with E-state index in [2.05, 4.69) is 5.01 Å². The van der Waals surface area contributed by atoms with E-state index in [4.69, 9.17) is 10.5 Å². The Morgan fingerprint density at radius 3 is 2.67 bits per heavy atom. The van der Waals surface area contributed by atoms with E-state index in [1.807, 2.05) is 35.0 Å². The van der Waals surface area contributed by atoms with Crippen molar-refractivity contribution in [2.45, 2.75) is 0 Å². The third kappa shape index (κ3) is 1.73. The molecule has 1 saturated heterocycles. The van der Waals surface area contributed by atoms with Crippen molar-refractivity contribution in [2.24, 2.45) is 5.73 Å². The van der Waals surface area contributed by atoms with Crippen LogP contribution in [0.4, 0.5) is 0 Å². The highest BCUT2D eigenvalue weighted by Gasteiger charge is 2.19. The van der Waals surface area contributed by atoms with Gasteiger partial charge in [-0.3, -0.25) is 9.47 Å². The molecule has 0 bridgehead atoms. The molecule has 1 amide bonds. The molecular weight excluding hydrogens is 230 g/mol. The first-order valence-electron chi connectivity index (χ1n) is 6.00. The van der Waals surface area contributed by atoms with E-state index in [1.54, 1.807) is 0 Å². The number of aromatic nitrogens is 1. The van der Waals surface area contributed by atoms with Crippen LogP contribution in [0.2, 0.25) is 0 Å². The van der Waals surface area contributed by atoms with Crippen molar-refractivity contribution in [3.05, 3.63) is 36.0 Å². The summed E-state index contributed by atoms with van der Waals surface area (Å²) in [5, 5.41) is 3.13. The van der Waals surface area contributed by atoms with E-state index in [-0.39, 0.29) is 0 Å². The maximum Gasteiger partial charge on any atom is 0.267 e. The highest BCUT2D eigenvalue weighted by atomic mass is 16.5. The van der Waals surface area contributed by atoms with Crippen molar-refractivity contribution >= 4 is 16.8 Å². The average Bonchev–Trinajstić information content (AvgIpc) is 2.79. The summed E-state index contributed by atoms with van der Waals surface area (Å²) in [6, 6.07) is 9.74. The number of carbonyl (C=O) groups excluding carboxylic acids is 1. The van der Waals surface area contributed by atoms with E-state index >= 15 is 0 Å². The lowest BCUT2D eigenvalue weighted by molar-refractivity contribution is 0.0973. The molecule has 1 aromatic heterocycles. The van der Waals surface area contributed by atoms with Gasteiger partial charge >= 0.3 is 0 Å². The minimum Gasteiger partial charge on any atom is -0.378 e. The van der Waals surface area contributed by atoms with Gasteiger partial charge in [-0.2, -0.15) is 0 Å². The summed E-state index contributed by atoms with van der Waals surface area (Å²) in [5.74, 6) is -0.405. The summed E-state index contributed by atoms with van der Waals surface area (Å²) < 4.78 is 7.26. The van der Waals surface area contributed by atoms with Gasteiger partial charge in [0, 0.05) is 5.39 Å². The molecule has 1 aliphatic heterocycles. The number of para-hydroxylation sites is 1. The predicted molar refractivity (Wildman–Crippen MR) is 69.2 cm³/mol. The maximum atomic E-state index is 11.6. The van der Waals surface area contributed by atoms with Crippen LogP contribution in [0, 0.1) is 0 Å². The minimum atomic E-state index is -0.405.